The van der Waals surface area contributed by atoms with Crippen LogP contribution in [-0.2, 0) is 0 Å². The quantitative estimate of drug-likeness (QED) is 0.745. The molecule has 1 fully saturated rings. The van der Waals surface area contributed by atoms with Crippen LogP contribution in [0.1, 0.15) is 15.9 Å². The van der Waals surface area contributed by atoms with Gasteiger partial charge in [-0.25, -0.2) is 0 Å². The zero-order valence-corrected chi connectivity index (χ0v) is 16.8. The highest BCUT2D eigenvalue weighted by Gasteiger charge is 2.24. The molecule has 140 valence electrons. The van der Waals surface area contributed by atoms with Crippen LogP contribution in [0.25, 0.3) is 0 Å². The molecule has 2 aromatic carbocycles. The van der Waals surface area contributed by atoms with Gasteiger partial charge in [0.1, 0.15) is 0 Å². The zero-order valence-electron chi connectivity index (χ0n) is 15.2. The number of anilines is 1. The van der Waals surface area contributed by atoms with Gasteiger partial charge in [0.25, 0.3) is 5.91 Å². The average molecular weight is 430 g/mol. The fourth-order valence-corrected chi connectivity index (χ4v) is 3.76. The SMILES string of the molecule is COc1ccc(C(=O)N2CCN(c3ccc(C#N)cc3Br)CC2)cc1OC. The maximum Gasteiger partial charge on any atom is 0.254 e. The molecule has 1 aliphatic heterocycles. The van der Waals surface area contributed by atoms with Crippen molar-refractivity contribution in [1.29, 1.82) is 5.26 Å². The second-order valence-corrected chi connectivity index (χ2v) is 6.98. The predicted molar refractivity (Wildman–Crippen MR) is 107 cm³/mol. The van der Waals surface area contributed by atoms with E-state index in [-0.39, 0.29) is 5.91 Å². The summed E-state index contributed by atoms with van der Waals surface area (Å²) in [4.78, 5) is 16.9. The van der Waals surface area contributed by atoms with Gasteiger partial charge in [0.05, 0.1) is 31.5 Å². The van der Waals surface area contributed by atoms with E-state index in [9.17, 15) is 4.79 Å². The minimum absolute atomic E-state index is 0.0190. The van der Waals surface area contributed by atoms with E-state index in [2.05, 4.69) is 26.9 Å². The molecule has 3 rings (SSSR count). The van der Waals surface area contributed by atoms with Crippen LogP contribution >= 0.6 is 15.9 Å². The van der Waals surface area contributed by atoms with Gasteiger partial charge in [-0.05, 0) is 52.3 Å². The van der Waals surface area contributed by atoms with Crippen molar-refractivity contribution in [3.8, 4) is 17.6 Å². The zero-order chi connectivity index (χ0) is 19.4. The molecule has 0 radical (unpaired) electrons. The minimum atomic E-state index is -0.0190. The third-order valence-corrected chi connectivity index (χ3v) is 5.25. The largest absolute Gasteiger partial charge is 0.493 e. The third-order valence-electron chi connectivity index (χ3n) is 4.61. The number of ether oxygens (including phenoxy) is 2. The molecule has 6 nitrogen and oxygen atoms in total. The first-order chi connectivity index (χ1) is 13.1. The van der Waals surface area contributed by atoms with Gasteiger partial charge in [0.15, 0.2) is 11.5 Å². The Morgan fingerprint density at radius 2 is 1.74 bits per heavy atom. The Hall–Kier alpha value is -2.72. The number of rotatable bonds is 4. The van der Waals surface area contributed by atoms with E-state index >= 15 is 0 Å². The van der Waals surface area contributed by atoms with Gasteiger partial charge in [-0.3, -0.25) is 4.79 Å². The van der Waals surface area contributed by atoms with Crippen LogP contribution in [0.2, 0.25) is 0 Å². The molecular weight excluding hydrogens is 410 g/mol. The number of amides is 1. The van der Waals surface area contributed by atoms with Crippen molar-refractivity contribution in [1.82, 2.24) is 4.90 Å². The molecule has 2 aromatic rings. The number of hydrogen-bond donors (Lipinski definition) is 0. The molecule has 0 unspecified atom stereocenters. The van der Waals surface area contributed by atoms with E-state index in [1.54, 1.807) is 38.5 Å². The number of carbonyl (C=O) groups excluding carboxylic acids is 1. The van der Waals surface area contributed by atoms with Gasteiger partial charge in [-0.2, -0.15) is 5.26 Å². The molecule has 1 amide bonds. The van der Waals surface area contributed by atoms with E-state index in [1.165, 1.54) is 0 Å². The van der Waals surface area contributed by atoms with Crippen molar-refractivity contribution >= 4 is 27.5 Å². The number of methoxy groups -OCH3 is 2. The van der Waals surface area contributed by atoms with Crippen molar-refractivity contribution in [3.63, 3.8) is 0 Å². The fourth-order valence-electron chi connectivity index (χ4n) is 3.14. The van der Waals surface area contributed by atoms with Gasteiger partial charge in [0.2, 0.25) is 0 Å². The van der Waals surface area contributed by atoms with E-state index in [4.69, 9.17) is 14.7 Å². The molecule has 0 bridgehead atoms. The Bertz CT molecular complexity index is 887. The van der Waals surface area contributed by atoms with Crippen LogP contribution in [0, 0.1) is 11.3 Å². The lowest BCUT2D eigenvalue weighted by molar-refractivity contribution is 0.0746. The molecule has 7 heteroatoms. The standard InChI is InChI=1S/C20H20BrN3O3/c1-26-18-6-4-15(12-19(18)27-2)20(25)24-9-7-23(8-10-24)17-5-3-14(13-22)11-16(17)21/h3-6,11-12H,7-10H2,1-2H3. The molecule has 0 N–H and O–H groups in total. The van der Waals surface area contributed by atoms with Gasteiger partial charge in [-0.1, -0.05) is 0 Å². The molecule has 1 saturated heterocycles. The minimum Gasteiger partial charge on any atom is -0.493 e. The van der Waals surface area contributed by atoms with Crippen molar-refractivity contribution in [3.05, 3.63) is 52.0 Å². The molecule has 0 aromatic heterocycles. The number of hydrogen-bond acceptors (Lipinski definition) is 5. The second-order valence-electron chi connectivity index (χ2n) is 6.13. The Morgan fingerprint density at radius 1 is 1.04 bits per heavy atom. The monoisotopic (exact) mass is 429 g/mol. The summed E-state index contributed by atoms with van der Waals surface area (Å²) in [7, 11) is 3.13. The summed E-state index contributed by atoms with van der Waals surface area (Å²) in [5.74, 6) is 1.13. The van der Waals surface area contributed by atoms with Crippen LogP contribution in [0.15, 0.2) is 40.9 Å². The highest BCUT2D eigenvalue weighted by molar-refractivity contribution is 9.10. The molecule has 1 heterocycles. The van der Waals surface area contributed by atoms with Crippen LogP contribution < -0.4 is 14.4 Å². The second kappa shape index (κ2) is 8.31. The lowest BCUT2D eigenvalue weighted by atomic mass is 10.1. The summed E-state index contributed by atoms with van der Waals surface area (Å²) in [6.07, 6.45) is 0. The Morgan fingerprint density at radius 3 is 2.33 bits per heavy atom. The normalized spacial score (nSPS) is 13.9. The van der Waals surface area contributed by atoms with Gasteiger partial charge >= 0.3 is 0 Å². The Labute approximate surface area is 167 Å². The summed E-state index contributed by atoms with van der Waals surface area (Å²) in [5, 5.41) is 8.99. The van der Waals surface area contributed by atoms with Crippen LogP contribution in [0.4, 0.5) is 5.69 Å². The molecule has 27 heavy (non-hydrogen) atoms. The number of nitriles is 1. The highest BCUT2D eigenvalue weighted by Crippen LogP contribution is 2.30. The number of halogens is 1. The molecule has 0 spiro atoms. The maximum absolute atomic E-state index is 12.8. The number of carbonyl (C=O) groups is 1. The maximum atomic E-state index is 12.8. The van der Waals surface area contributed by atoms with Crippen molar-refractivity contribution in [2.45, 2.75) is 0 Å². The Balaban J connectivity index is 1.69. The summed E-state index contributed by atoms with van der Waals surface area (Å²) in [5.41, 5.74) is 2.24. The summed E-state index contributed by atoms with van der Waals surface area (Å²) in [6, 6.07) is 12.9. The third kappa shape index (κ3) is 4.01. The molecule has 0 aliphatic carbocycles. The molecule has 0 atom stereocenters. The van der Waals surface area contributed by atoms with Crippen molar-refractivity contribution in [2.24, 2.45) is 0 Å². The van der Waals surface area contributed by atoms with E-state index in [0.29, 0.717) is 35.7 Å². The number of benzene rings is 2. The topological polar surface area (TPSA) is 65.8 Å². The van der Waals surface area contributed by atoms with Crippen LogP contribution in [0.5, 0.6) is 11.5 Å². The Kier molecular flexibility index (Phi) is 5.87. The van der Waals surface area contributed by atoms with Gasteiger partial charge < -0.3 is 19.3 Å². The van der Waals surface area contributed by atoms with Crippen molar-refractivity contribution < 1.29 is 14.3 Å². The first-order valence-electron chi connectivity index (χ1n) is 8.53. The smallest absolute Gasteiger partial charge is 0.254 e. The highest BCUT2D eigenvalue weighted by atomic mass is 79.9. The first-order valence-corrected chi connectivity index (χ1v) is 9.32. The van der Waals surface area contributed by atoms with Gasteiger partial charge in [-0.15, -0.1) is 0 Å². The van der Waals surface area contributed by atoms with E-state index < -0.39 is 0 Å². The van der Waals surface area contributed by atoms with E-state index in [0.717, 1.165) is 23.2 Å². The first kappa shape index (κ1) is 19.1. The fraction of sp³-hybridized carbons (Fsp3) is 0.300. The number of piperazine rings is 1. The summed E-state index contributed by atoms with van der Waals surface area (Å²) >= 11 is 3.53. The summed E-state index contributed by atoms with van der Waals surface area (Å²) in [6.45, 7) is 2.70. The molecular formula is C20H20BrN3O3. The molecule has 0 saturated carbocycles. The summed E-state index contributed by atoms with van der Waals surface area (Å²) < 4.78 is 11.4. The predicted octanol–water partition coefficient (Wildman–Crippen LogP) is 3.30. The lowest BCUT2D eigenvalue weighted by Gasteiger charge is -2.36. The number of nitrogens with zero attached hydrogens (tertiary/aromatic N) is 3. The molecule has 1 aliphatic rings. The van der Waals surface area contributed by atoms with Gasteiger partial charge in [0, 0.05) is 36.2 Å². The van der Waals surface area contributed by atoms with E-state index in [1.807, 2.05) is 17.0 Å². The average Bonchev–Trinajstić information content (AvgIpc) is 2.72. The van der Waals surface area contributed by atoms with Crippen LogP contribution in [0.3, 0.4) is 0 Å². The lowest BCUT2D eigenvalue weighted by Crippen LogP contribution is -2.48. The van der Waals surface area contributed by atoms with Crippen LogP contribution in [-0.4, -0.2) is 51.2 Å². The van der Waals surface area contributed by atoms with Crippen molar-refractivity contribution in [2.75, 3.05) is 45.3 Å².